The Bertz CT molecular complexity index is 845. The van der Waals surface area contributed by atoms with Crippen LogP contribution < -0.4 is 0 Å². The maximum absolute atomic E-state index is 13.8. The summed E-state index contributed by atoms with van der Waals surface area (Å²) in [5.74, 6) is -0.704. The Kier molecular flexibility index (Phi) is 5.51. The summed E-state index contributed by atoms with van der Waals surface area (Å²) in [7, 11) is -3.32. The van der Waals surface area contributed by atoms with E-state index in [1.54, 1.807) is 24.3 Å². The molecule has 0 aliphatic rings. The maximum atomic E-state index is 13.8. The summed E-state index contributed by atoms with van der Waals surface area (Å²) in [6.45, 7) is 3.97. The SMILES string of the molecule is C=CCN(Cc1ccccc1F)C(=O)c1ccc(S(C)(=O)=O)cc1. The summed E-state index contributed by atoms with van der Waals surface area (Å²) in [6.07, 6.45) is 2.66. The third kappa shape index (κ3) is 4.29. The van der Waals surface area contributed by atoms with Gasteiger partial charge in [-0.25, -0.2) is 12.8 Å². The molecule has 0 N–H and O–H groups in total. The lowest BCUT2D eigenvalue weighted by molar-refractivity contribution is 0.0761. The topological polar surface area (TPSA) is 54.5 Å². The lowest BCUT2D eigenvalue weighted by Gasteiger charge is -2.21. The lowest BCUT2D eigenvalue weighted by atomic mass is 10.1. The third-order valence-corrected chi connectivity index (χ3v) is 4.61. The Morgan fingerprint density at radius 3 is 2.33 bits per heavy atom. The number of halogens is 1. The minimum absolute atomic E-state index is 0.103. The summed E-state index contributed by atoms with van der Waals surface area (Å²) in [5, 5.41) is 0. The van der Waals surface area contributed by atoms with Gasteiger partial charge < -0.3 is 4.90 Å². The summed E-state index contributed by atoms with van der Waals surface area (Å²) in [6, 6.07) is 11.9. The second-order valence-electron chi connectivity index (χ2n) is 5.36. The van der Waals surface area contributed by atoms with Gasteiger partial charge in [-0.2, -0.15) is 0 Å². The van der Waals surface area contributed by atoms with Gasteiger partial charge in [0.2, 0.25) is 0 Å². The van der Waals surface area contributed by atoms with Crippen molar-refractivity contribution in [1.82, 2.24) is 4.90 Å². The Hall–Kier alpha value is -2.47. The summed E-state index contributed by atoms with van der Waals surface area (Å²) < 4.78 is 36.8. The molecule has 1 amide bonds. The van der Waals surface area contributed by atoms with Gasteiger partial charge in [0, 0.05) is 30.5 Å². The van der Waals surface area contributed by atoms with E-state index in [4.69, 9.17) is 0 Å². The van der Waals surface area contributed by atoms with Crippen molar-refractivity contribution in [1.29, 1.82) is 0 Å². The Labute approximate surface area is 141 Å². The van der Waals surface area contributed by atoms with E-state index in [0.717, 1.165) is 6.26 Å². The number of hydrogen-bond donors (Lipinski definition) is 0. The fraction of sp³-hybridized carbons (Fsp3) is 0.167. The molecule has 2 rings (SSSR count). The molecule has 0 atom stereocenters. The van der Waals surface area contributed by atoms with E-state index in [-0.39, 0.29) is 29.7 Å². The number of nitrogens with zero attached hydrogens (tertiary/aromatic N) is 1. The molecule has 0 radical (unpaired) electrons. The predicted molar refractivity (Wildman–Crippen MR) is 90.9 cm³/mol. The van der Waals surface area contributed by atoms with Crippen LogP contribution >= 0.6 is 0 Å². The molecule has 24 heavy (non-hydrogen) atoms. The van der Waals surface area contributed by atoms with Gasteiger partial charge in [0.15, 0.2) is 9.84 Å². The molecule has 0 saturated carbocycles. The van der Waals surface area contributed by atoms with E-state index < -0.39 is 9.84 Å². The van der Waals surface area contributed by atoms with Gasteiger partial charge in [0.05, 0.1) is 4.90 Å². The average Bonchev–Trinajstić information content (AvgIpc) is 2.55. The van der Waals surface area contributed by atoms with Crippen LogP contribution in [0.2, 0.25) is 0 Å². The third-order valence-electron chi connectivity index (χ3n) is 3.49. The highest BCUT2D eigenvalue weighted by molar-refractivity contribution is 7.90. The van der Waals surface area contributed by atoms with E-state index in [1.807, 2.05) is 0 Å². The molecule has 4 nitrogen and oxygen atoms in total. The number of benzene rings is 2. The van der Waals surface area contributed by atoms with Gasteiger partial charge in [-0.05, 0) is 30.3 Å². The van der Waals surface area contributed by atoms with Crippen molar-refractivity contribution < 1.29 is 17.6 Å². The Morgan fingerprint density at radius 2 is 1.79 bits per heavy atom. The fourth-order valence-corrected chi connectivity index (χ4v) is 2.87. The molecule has 2 aromatic carbocycles. The number of amides is 1. The lowest BCUT2D eigenvalue weighted by Crippen LogP contribution is -2.31. The molecule has 0 aliphatic heterocycles. The predicted octanol–water partition coefficient (Wildman–Crippen LogP) is 3.06. The average molecular weight is 347 g/mol. The van der Waals surface area contributed by atoms with Crippen LogP contribution in [0.5, 0.6) is 0 Å². The van der Waals surface area contributed by atoms with Gasteiger partial charge in [0.25, 0.3) is 5.91 Å². The van der Waals surface area contributed by atoms with Gasteiger partial charge in [-0.1, -0.05) is 24.3 Å². The van der Waals surface area contributed by atoms with Gasteiger partial charge in [-0.15, -0.1) is 6.58 Å². The van der Waals surface area contributed by atoms with Crippen molar-refractivity contribution in [3.63, 3.8) is 0 Å². The first-order chi connectivity index (χ1) is 11.3. The van der Waals surface area contributed by atoms with Crippen LogP contribution in [0.15, 0.2) is 66.1 Å². The highest BCUT2D eigenvalue weighted by Crippen LogP contribution is 2.15. The van der Waals surface area contributed by atoms with Crippen molar-refractivity contribution in [3.05, 3.63) is 78.1 Å². The summed E-state index contributed by atoms with van der Waals surface area (Å²) >= 11 is 0. The van der Waals surface area contributed by atoms with Crippen LogP contribution in [0.1, 0.15) is 15.9 Å². The zero-order valence-electron chi connectivity index (χ0n) is 13.3. The van der Waals surface area contributed by atoms with E-state index in [0.29, 0.717) is 11.1 Å². The maximum Gasteiger partial charge on any atom is 0.254 e. The van der Waals surface area contributed by atoms with Crippen molar-refractivity contribution in [2.24, 2.45) is 0 Å². The number of rotatable bonds is 6. The van der Waals surface area contributed by atoms with Crippen LogP contribution in [-0.2, 0) is 16.4 Å². The van der Waals surface area contributed by atoms with Crippen molar-refractivity contribution in [2.45, 2.75) is 11.4 Å². The molecule has 0 bridgehead atoms. The number of hydrogen-bond acceptors (Lipinski definition) is 3. The van der Waals surface area contributed by atoms with Crippen molar-refractivity contribution in [2.75, 3.05) is 12.8 Å². The molecule has 0 fully saturated rings. The second kappa shape index (κ2) is 7.40. The number of carbonyl (C=O) groups excluding carboxylic acids is 1. The molecule has 0 spiro atoms. The molecule has 6 heteroatoms. The smallest absolute Gasteiger partial charge is 0.254 e. The van der Waals surface area contributed by atoms with E-state index in [1.165, 1.54) is 35.2 Å². The molecular formula is C18H18FNO3S. The zero-order chi connectivity index (χ0) is 17.7. The monoisotopic (exact) mass is 347 g/mol. The highest BCUT2D eigenvalue weighted by atomic mass is 32.2. The second-order valence-corrected chi connectivity index (χ2v) is 7.38. The van der Waals surface area contributed by atoms with E-state index in [2.05, 4.69) is 6.58 Å². The molecular weight excluding hydrogens is 329 g/mol. The van der Waals surface area contributed by atoms with Crippen LogP contribution in [0.4, 0.5) is 4.39 Å². The minimum atomic E-state index is -3.32. The van der Waals surface area contributed by atoms with E-state index in [9.17, 15) is 17.6 Å². The molecule has 0 unspecified atom stereocenters. The van der Waals surface area contributed by atoms with Crippen LogP contribution in [0, 0.1) is 5.82 Å². The molecule has 0 aromatic heterocycles. The van der Waals surface area contributed by atoms with Crippen molar-refractivity contribution >= 4 is 15.7 Å². The first-order valence-corrected chi connectivity index (χ1v) is 9.16. The largest absolute Gasteiger partial charge is 0.331 e. The first kappa shape index (κ1) is 17.9. The minimum Gasteiger partial charge on any atom is -0.331 e. The number of sulfone groups is 1. The normalized spacial score (nSPS) is 11.1. The van der Waals surface area contributed by atoms with Gasteiger partial charge in [0.1, 0.15) is 5.82 Å². The molecule has 0 aliphatic carbocycles. The Balaban J connectivity index is 2.26. The van der Waals surface area contributed by atoms with E-state index >= 15 is 0 Å². The molecule has 126 valence electrons. The summed E-state index contributed by atoms with van der Waals surface area (Å²) in [5.41, 5.74) is 0.737. The molecule has 0 saturated heterocycles. The number of carbonyl (C=O) groups is 1. The van der Waals surface area contributed by atoms with Crippen LogP contribution in [-0.4, -0.2) is 32.0 Å². The molecule has 2 aromatic rings. The van der Waals surface area contributed by atoms with Crippen LogP contribution in [0.3, 0.4) is 0 Å². The van der Waals surface area contributed by atoms with Crippen LogP contribution in [0.25, 0.3) is 0 Å². The highest BCUT2D eigenvalue weighted by Gasteiger charge is 2.17. The van der Waals surface area contributed by atoms with Gasteiger partial charge >= 0.3 is 0 Å². The first-order valence-electron chi connectivity index (χ1n) is 7.26. The standard InChI is InChI=1S/C18H18FNO3S/c1-3-12-20(13-15-6-4-5-7-17(15)19)18(21)14-8-10-16(11-9-14)24(2,22)23/h3-11H,1,12-13H2,2H3. The quantitative estimate of drug-likeness (QED) is 0.755. The molecule has 0 heterocycles. The van der Waals surface area contributed by atoms with Gasteiger partial charge in [-0.3, -0.25) is 4.79 Å². The zero-order valence-corrected chi connectivity index (χ0v) is 14.1. The Morgan fingerprint density at radius 1 is 1.17 bits per heavy atom. The van der Waals surface area contributed by atoms with Crippen molar-refractivity contribution in [3.8, 4) is 0 Å². The summed E-state index contributed by atoms with van der Waals surface area (Å²) in [4.78, 5) is 14.2. The fourth-order valence-electron chi connectivity index (χ4n) is 2.23.